The number of hydrazine groups is 1. The van der Waals surface area contributed by atoms with E-state index in [1.807, 2.05) is 6.07 Å². The van der Waals surface area contributed by atoms with Gasteiger partial charge in [0.1, 0.15) is 5.54 Å². The highest BCUT2D eigenvalue weighted by molar-refractivity contribution is 6.08. The van der Waals surface area contributed by atoms with Gasteiger partial charge in [-0.05, 0) is 24.6 Å². The van der Waals surface area contributed by atoms with Crippen molar-refractivity contribution in [2.45, 2.75) is 25.3 Å². The van der Waals surface area contributed by atoms with Crippen molar-refractivity contribution in [1.82, 2.24) is 30.9 Å². The van der Waals surface area contributed by atoms with Crippen molar-refractivity contribution in [3.05, 3.63) is 66.3 Å². The first-order valence-electron chi connectivity index (χ1n) is 9.22. The lowest BCUT2D eigenvalue weighted by molar-refractivity contribution is -0.139. The quantitative estimate of drug-likeness (QED) is 0.594. The molecule has 2 N–H and O–H groups in total. The van der Waals surface area contributed by atoms with Crippen LogP contribution in [0.2, 0.25) is 0 Å². The van der Waals surface area contributed by atoms with E-state index in [1.165, 1.54) is 0 Å². The molecule has 1 aliphatic heterocycles. The highest BCUT2D eigenvalue weighted by Gasteiger charge is 2.49. The summed E-state index contributed by atoms with van der Waals surface area (Å²) in [4.78, 5) is 45.5. The Balaban J connectivity index is 1.37. The van der Waals surface area contributed by atoms with Crippen LogP contribution < -0.4 is 10.7 Å². The molecule has 1 fully saturated rings. The lowest BCUT2D eigenvalue weighted by Crippen LogP contribution is -2.48. The maximum atomic E-state index is 12.8. The third-order valence-corrected chi connectivity index (χ3v) is 4.75. The summed E-state index contributed by atoms with van der Waals surface area (Å²) in [6.07, 6.45) is 3.33. The third kappa shape index (κ3) is 3.62. The predicted molar refractivity (Wildman–Crippen MR) is 103 cm³/mol. The summed E-state index contributed by atoms with van der Waals surface area (Å²) < 4.78 is 5.15. The second-order valence-electron chi connectivity index (χ2n) is 6.84. The first kappa shape index (κ1) is 19.2. The number of hydrogen-bond acceptors (Lipinski definition) is 7. The molecule has 10 heteroatoms. The Morgan fingerprint density at radius 2 is 1.90 bits per heavy atom. The van der Waals surface area contributed by atoms with Gasteiger partial charge in [0.25, 0.3) is 5.91 Å². The lowest BCUT2D eigenvalue weighted by Gasteiger charge is -2.22. The zero-order valence-corrected chi connectivity index (χ0v) is 16.0. The average molecular weight is 406 g/mol. The number of hydrogen-bond donors (Lipinski definition) is 2. The molecule has 152 valence electrons. The number of nitrogens with zero attached hydrogens (tertiary/aromatic N) is 4. The molecular formula is C20H18N6O4. The van der Waals surface area contributed by atoms with Gasteiger partial charge in [-0.25, -0.2) is 4.79 Å². The van der Waals surface area contributed by atoms with Gasteiger partial charge >= 0.3 is 6.03 Å². The molecule has 0 radical (unpaired) electrons. The summed E-state index contributed by atoms with van der Waals surface area (Å²) in [7, 11) is 0. The van der Waals surface area contributed by atoms with E-state index in [0.717, 1.165) is 5.56 Å². The molecule has 0 spiro atoms. The molecule has 30 heavy (non-hydrogen) atoms. The minimum absolute atomic E-state index is 0.0446. The minimum atomic E-state index is -1.25. The van der Waals surface area contributed by atoms with Crippen molar-refractivity contribution in [3.8, 4) is 11.4 Å². The van der Waals surface area contributed by atoms with Crippen LogP contribution in [-0.2, 0) is 21.5 Å². The fraction of sp³-hybridized carbons (Fsp3) is 0.200. The van der Waals surface area contributed by atoms with Gasteiger partial charge in [0.2, 0.25) is 17.6 Å². The smallest absolute Gasteiger partial charge is 0.339 e. The molecule has 4 amide bonds. The highest BCUT2D eigenvalue weighted by atomic mass is 16.5. The van der Waals surface area contributed by atoms with Crippen LogP contribution in [0.1, 0.15) is 24.8 Å². The molecule has 1 aliphatic rings. The molecule has 10 nitrogen and oxygen atoms in total. The van der Waals surface area contributed by atoms with Gasteiger partial charge in [-0.1, -0.05) is 35.5 Å². The largest absolute Gasteiger partial charge is 0.344 e. The normalized spacial score (nSPS) is 18.4. The number of benzene rings is 1. The summed E-state index contributed by atoms with van der Waals surface area (Å²) >= 11 is 0. The Labute approximate surface area is 171 Å². The van der Waals surface area contributed by atoms with Crippen molar-refractivity contribution >= 4 is 17.8 Å². The molecule has 1 aromatic carbocycles. The van der Waals surface area contributed by atoms with Crippen molar-refractivity contribution in [2.24, 2.45) is 0 Å². The van der Waals surface area contributed by atoms with E-state index in [0.29, 0.717) is 16.4 Å². The molecule has 3 heterocycles. The minimum Gasteiger partial charge on any atom is -0.339 e. The van der Waals surface area contributed by atoms with E-state index < -0.39 is 23.4 Å². The van der Waals surface area contributed by atoms with Crippen LogP contribution in [0, 0.1) is 0 Å². The lowest BCUT2D eigenvalue weighted by atomic mass is 9.92. The SMILES string of the molecule is CC1(c2ccccc2)NC(=O)N(NC(=O)CCc2nc(-c3ccncc3)no2)C1=O. The summed E-state index contributed by atoms with van der Waals surface area (Å²) in [5.41, 5.74) is 2.45. The van der Waals surface area contributed by atoms with E-state index >= 15 is 0 Å². The van der Waals surface area contributed by atoms with E-state index in [-0.39, 0.29) is 18.7 Å². The van der Waals surface area contributed by atoms with Gasteiger partial charge < -0.3 is 9.84 Å². The molecule has 1 unspecified atom stereocenters. The fourth-order valence-corrected chi connectivity index (χ4v) is 3.08. The molecule has 4 rings (SSSR count). The monoisotopic (exact) mass is 406 g/mol. The number of carbonyl (C=O) groups excluding carboxylic acids is 3. The maximum absolute atomic E-state index is 12.8. The van der Waals surface area contributed by atoms with E-state index in [1.54, 1.807) is 55.7 Å². The maximum Gasteiger partial charge on any atom is 0.344 e. The molecule has 1 saturated heterocycles. The van der Waals surface area contributed by atoms with Crippen LogP contribution in [0.15, 0.2) is 59.4 Å². The van der Waals surface area contributed by atoms with Gasteiger partial charge in [-0.3, -0.25) is 20.0 Å². The summed E-state index contributed by atoms with van der Waals surface area (Å²) in [6, 6.07) is 11.6. The zero-order chi connectivity index (χ0) is 21.1. The standard InChI is InChI=1S/C20H18N6O4/c1-20(14-5-3-2-4-6-14)18(28)26(19(29)23-20)24-15(27)7-8-16-22-17(25-30-16)13-9-11-21-12-10-13/h2-6,9-12H,7-8H2,1H3,(H,23,29)(H,24,27). The van der Waals surface area contributed by atoms with Crippen LogP contribution in [0.4, 0.5) is 4.79 Å². The summed E-state index contributed by atoms with van der Waals surface area (Å²) in [6.45, 7) is 1.59. The van der Waals surface area contributed by atoms with Gasteiger partial charge in [0.15, 0.2) is 0 Å². The molecule has 2 aromatic heterocycles. The van der Waals surface area contributed by atoms with Crippen molar-refractivity contribution in [3.63, 3.8) is 0 Å². The molecular weight excluding hydrogens is 388 g/mol. The molecule has 0 saturated carbocycles. The second-order valence-corrected chi connectivity index (χ2v) is 6.84. The first-order valence-corrected chi connectivity index (χ1v) is 9.22. The van der Waals surface area contributed by atoms with Gasteiger partial charge in [-0.15, -0.1) is 0 Å². The number of aromatic nitrogens is 3. The number of urea groups is 1. The van der Waals surface area contributed by atoms with Crippen LogP contribution in [0.3, 0.4) is 0 Å². The Hall–Kier alpha value is -4.08. The first-order chi connectivity index (χ1) is 14.5. The van der Waals surface area contributed by atoms with E-state index in [9.17, 15) is 14.4 Å². The number of rotatable bonds is 6. The highest BCUT2D eigenvalue weighted by Crippen LogP contribution is 2.27. The number of amides is 4. The Morgan fingerprint density at radius 3 is 2.63 bits per heavy atom. The zero-order valence-electron chi connectivity index (χ0n) is 16.0. The third-order valence-electron chi connectivity index (χ3n) is 4.75. The molecule has 1 atom stereocenters. The van der Waals surface area contributed by atoms with Crippen molar-refractivity contribution in [1.29, 1.82) is 0 Å². The van der Waals surface area contributed by atoms with Crippen molar-refractivity contribution < 1.29 is 18.9 Å². The van der Waals surface area contributed by atoms with Gasteiger partial charge in [-0.2, -0.15) is 9.99 Å². The topological polar surface area (TPSA) is 130 Å². The van der Waals surface area contributed by atoms with Gasteiger partial charge in [0.05, 0.1) is 0 Å². The molecule has 0 bridgehead atoms. The summed E-state index contributed by atoms with van der Waals surface area (Å²) in [5, 5.41) is 7.19. The fourth-order valence-electron chi connectivity index (χ4n) is 3.08. The number of nitrogens with one attached hydrogen (secondary N) is 2. The predicted octanol–water partition coefficient (Wildman–Crippen LogP) is 1.56. The molecule has 3 aromatic rings. The van der Waals surface area contributed by atoms with Gasteiger partial charge in [0, 0.05) is 30.8 Å². The van der Waals surface area contributed by atoms with Crippen LogP contribution in [-0.4, -0.2) is 38.0 Å². The number of pyridine rings is 1. The Bertz CT molecular complexity index is 1080. The Morgan fingerprint density at radius 1 is 1.17 bits per heavy atom. The second kappa shape index (κ2) is 7.74. The van der Waals surface area contributed by atoms with E-state index in [4.69, 9.17) is 4.52 Å². The average Bonchev–Trinajstić information content (AvgIpc) is 3.33. The Kier molecular flexibility index (Phi) is 4.97. The summed E-state index contributed by atoms with van der Waals surface area (Å²) in [5.74, 6) is -0.437. The number of imide groups is 1. The number of aryl methyl sites for hydroxylation is 1. The van der Waals surface area contributed by atoms with Crippen LogP contribution >= 0.6 is 0 Å². The van der Waals surface area contributed by atoms with Crippen LogP contribution in [0.25, 0.3) is 11.4 Å². The van der Waals surface area contributed by atoms with Crippen LogP contribution in [0.5, 0.6) is 0 Å². The van der Waals surface area contributed by atoms with Crippen molar-refractivity contribution in [2.75, 3.05) is 0 Å². The van der Waals surface area contributed by atoms with E-state index in [2.05, 4.69) is 25.9 Å². The number of carbonyl (C=O) groups is 3. The molecule has 0 aliphatic carbocycles.